The van der Waals surface area contributed by atoms with Crippen LogP contribution >= 0.6 is 11.6 Å². The van der Waals surface area contributed by atoms with Gasteiger partial charge >= 0.3 is 11.7 Å². The first-order valence-corrected chi connectivity index (χ1v) is 14.8. The van der Waals surface area contributed by atoms with Crippen LogP contribution in [0.4, 0.5) is 5.82 Å². The van der Waals surface area contributed by atoms with Crippen LogP contribution < -0.4 is 40.3 Å². The number of carboxylic acid groups (broad SMARTS) is 1. The molecule has 0 saturated heterocycles. The Morgan fingerprint density at radius 2 is 1.68 bits per heavy atom. The summed E-state index contributed by atoms with van der Waals surface area (Å²) in [4.78, 5) is 67.5. The predicted octanol–water partition coefficient (Wildman–Crippen LogP) is 2.66. The van der Waals surface area contributed by atoms with Gasteiger partial charge in [-0.3, -0.25) is 23.5 Å². The Labute approximate surface area is 272 Å². The molecule has 0 unspecified atom stereocenters. The molecule has 47 heavy (non-hydrogen) atoms. The van der Waals surface area contributed by atoms with Gasteiger partial charge in [0.1, 0.15) is 27.9 Å². The molecule has 1 spiro atoms. The molecule has 0 bridgehead atoms. The summed E-state index contributed by atoms with van der Waals surface area (Å²) in [6.07, 6.45) is 0.105. The maximum Gasteiger partial charge on any atom is 0.341 e. The van der Waals surface area contributed by atoms with Gasteiger partial charge in [-0.1, -0.05) is 24.6 Å². The summed E-state index contributed by atoms with van der Waals surface area (Å²) in [6, 6.07) is 5.97. The van der Waals surface area contributed by atoms with Crippen LogP contribution in [0.15, 0.2) is 45.1 Å². The van der Waals surface area contributed by atoms with Gasteiger partial charge in [-0.2, -0.15) is 0 Å². The van der Waals surface area contributed by atoms with Crippen molar-refractivity contribution in [2.75, 3.05) is 33.3 Å². The average molecular weight is 668 g/mol. The SMILES string of the molecule is COc1cc([C@@H]2C3=C(C[C@@H](C)[C@]4(Oc5c(Cl)c(OC)cc(OC)c5C4=O)C3=O)Nc3c2c(=O)n(C)c(=O)n3C)ccc1OCC(=O)O. The van der Waals surface area contributed by atoms with Crippen molar-refractivity contribution in [1.82, 2.24) is 9.13 Å². The number of Topliss-reactive ketones (excluding diaryl/α,β-unsaturated/α-hetero) is 2. The molecule has 1 aliphatic carbocycles. The zero-order chi connectivity index (χ0) is 34.1. The summed E-state index contributed by atoms with van der Waals surface area (Å²) in [6.45, 7) is 1.05. The third kappa shape index (κ3) is 4.42. The van der Waals surface area contributed by atoms with Crippen molar-refractivity contribution in [3.05, 3.63) is 78.1 Å². The highest BCUT2D eigenvalue weighted by Gasteiger charge is 2.63. The number of carbonyl (C=O) groups excluding carboxylic acids is 2. The highest BCUT2D eigenvalue weighted by Crippen LogP contribution is 2.56. The first-order valence-electron chi connectivity index (χ1n) is 14.4. The molecule has 3 heterocycles. The fourth-order valence-electron chi connectivity index (χ4n) is 6.64. The first-order chi connectivity index (χ1) is 22.3. The number of benzene rings is 2. The maximum atomic E-state index is 15.0. The number of hydrogen-bond donors (Lipinski definition) is 2. The van der Waals surface area contributed by atoms with E-state index in [1.54, 1.807) is 13.0 Å². The van der Waals surface area contributed by atoms with Crippen molar-refractivity contribution >= 4 is 35.0 Å². The Morgan fingerprint density at radius 1 is 1.00 bits per heavy atom. The molecule has 3 aromatic rings. The largest absolute Gasteiger partial charge is 0.496 e. The van der Waals surface area contributed by atoms with Gasteiger partial charge in [0.2, 0.25) is 17.2 Å². The molecule has 2 aliphatic heterocycles. The number of fused-ring (bicyclic) bond motifs is 2. The predicted molar refractivity (Wildman–Crippen MR) is 167 cm³/mol. The topological polar surface area (TPSA) is 174 Å². The lowest BCUT2D eigenvalue weighted by molar-refractivity contribution is -0.139. The van der Waals surface area contributed by atoms with Crippen molar-refractivity contribution in [3.8, 4) is 28.7 Å². The van der Waals surface area contributed by atoms with Gasteiger partial charge in [0.15, 0.2) is 23.9 Å². The number of carboxylic acids is 1. The Bertz CT molecular complexity index is 2060. The summed E-state index contributed by atoms with van der Waals surface area (Å²) < 4.78 is 30.2. The molecule has 0 radical (unpaired) electrons. The standard InChI is InChI=1S/C32H30ClN3O11/c1-13-9-15-22(27(39)32(13)28(40)23-18(44-5)11-19(45-6)25(33)26(23)47-32)21(24-29(34-15)35(2)31(42)36(3)30(24)41)14-7-8-16(17(10-14)43-4)46-12-20(37)38/h7-8,10-11,13,21,34H,9,12H2,1-6H3,(H,37,38)/t13-,21-,32+/m1/s1. The summed E-state index contributed by atoms with van der Waals surface area (Å²) in [5.41, 5.74) is -2.47. The Kier molecular flexibility index (Phi) is 7.58. The molecule has 2 N–H and O–H groups in total. The smallest absolute Gasteiger partial charge is 0.341 e. The number of allylic oxidation sites excluding steroid dienone is 1. The Morgan fingerprint density at radius 3 is 2.32 bits per heavy atom. The molecular weight excluding hydrogens is 638 g/mol. The van der Waals surface area contributed by atoms with E-state index in [-0.39, 0.29) is 62.7 Å². The molecule has 3 atom stereocenters. The second kappa shape index (κ2) is 11.2. The zero-order valence-corrected chi connectivity index (χ0v) is 26.9. The van der Waals surface area contributed by atoms with Crippen molar-refractivity contribution in [1.29, 1.82) is 0 Å². The quantitative estimate of drug-likeness (QED) is 0.353. The molecule has 1 aromatic heterocycles. The minimum atomic E-state index is -2.08. The normalized spacial score (nSPS) is 21.0. The second-order valence-corrected chi connectivity index (χ2v) is 11.8. The second-order valence-electron chi connectivity index (χ2n) is 11.4. The van der Waals surface area contributed by atoms with E-state index < -0.39 is 52.8 Å². The van der Waals surface area contributed by atoms with E-state index in [0.29, 0.717) is 11.3 Å². The van der Waals surface area contributed by atoms with Crippen molar-refractivity contribution in [3.63, 3.8) is 0 Å². The number of methoxy groups -OCH3 is 3. The first kappa shape index (κ1) is 31.7. The number of anilines is 1. The van der Waals surface area contributed by atoms with Gasteiger partial charge in [-0.05, 0) is 24.1 Å². The van der Waals surface area contributed by atoms with Crippen LogP contribution in [0.25, 0.3) is 0 Å². The number of aromatic nitrogens is 2. The number of rotatable bonds is 7. The van der Waals surface area contributed by atoms with Crippen molar-refractivity contribution in [2.24, 2.45) is 20.0 Å². The minimum absolute atomic E-state index is 0.0109. The maximum absolute atomic E-state index is 15.0. The third-order valence-electron chi connectivity index (χ3n) is 8.95. The fourth-order valence-corrected chi connectivity index (χ4v) is 6.91. The molecule has 0 fully saturated rings. The molecule has 3 aliphatic rings. The van der Waals surface area contributed by atoms with E-state index in [0.717, 1.165) is 4.57 Å². The monoisotopic (exact) mass is 667 g/mol. The van der Waals surface area contributed by atoms with Crippen LogP contribution in [0.2, 0.25) is 5.02 Å². The third-order valence-corrected chi connectivity index (χ3v) is 9.31. The van der Waals surface area contributed by atoms with E-state index in [2.05, 4.69) is 5.32 Å². The zero-order valence-electron chi connectivity index (χ0n) is 26.2. The molecule has 2 aromatic carbocycles. The van der Waals surface area contributed by atoms with Crippen LogP contribution in [0.3, 0.4) is 0 Å². The summed E-state index contributed by atoms with van der Waals surface area (Å²) >= 11 is 6.61. The van der Waals surface area contributed by atoms with E-state index in [1.807, 2.05) is 0 Å². The number of hydrogen-bond acceptors (Lipinski definition) is 11. The van der Waals surface area contributed by atoms with Gasteiger partial charge in [0.25, 0.3) is 5.56 Å². The number of nitrogens with one attached hydrogen (secondary N) is 1. The Balaban J connectivity index is 1.59. The van der Waals surface area contributed by atoms with Gasteiger partial charge in [0, 0.05) is 43.3 Å². The van der Waals surface area contributed by atoms with E-state index in [9.17, 15) is 19.2 Å². The molecule has 6 rings (SSSR count). The van der Waals surface area contributed by atoms with E-state index >= 15 is 4.79 Å². The lowest BCUT2D eigenvalue weighted by atomic mass is 9.66. The van der Waals surface area contributed by atoms with Crippen molar-refractivity contribution in [2.45, 2.75) is 24.9 Å². The highest BCUT2D eigenvalue weighted by molar-refractivity contribution is 6.36. The number of ketones is 2. The molecular formula is C32H30ClN3O11. The Hall–Kier alpha value is -5.24. The molecule has 14 nitrogen and oxygen atoms in total. The molecule has 246 valence electrons. The average Bonchev–Trinajstić information content (AvgIpc) is 3.38. The number of ether oxygens (including phenoxy) is 5. The summed E-state index contributed by atoms with van der Waals surface area (Å²) in [5.74, 6) is -3.81. The van der Waals surface area contributed by atoms with E-state index in [4.69, 9.17) is 40.4 Å². The molecule has 0 amide bonds. The minimum Gasteiger partial charge on any atom is -0.496 e. The summed E-state index contributed by atoms with van der Waals surface area (Å²) in [7, 11) is 6.93. The number of aliphatic carboxylic acids is 1. The fraction of sp³-hybridized carbons (Fsp3) is 0.344. The molecule has 0 saturated carbocycles. The van der Waals surface area contributed by atoms with Crippen LogP contribution in [-0.4, -0.2) is 65.3 Å². The van der Waals surface area contributed by atoms with Gasteiger partial charge in [0.05, 0.1) is 26.9 Å². The van der Waals surface area contributed by atoms with E-state index in [1.165, 1.54) is 58.2 Å². The van der Waals surface area contributed by atoms with Gasteiger partial charge < -0.3 is 34.1 Å². The van der Waals surface area contributed by atoms with Crippen LogP contribution in [0.5, 0.6) is 28.7 Å². The van der Waals surface area contributed by atoms with Crippen molar-refractivity contribution < 1.29 is 43.2 Å². The highest BCUT2D eigenvalue weighted by atomic mass is 35.5. The lowest BCUT2D eigenvalue weighted by Crippen LogP contribution is -2.58. The van der Waals surface area contributed by atoms with Gasteiger partial charge in [-0.25, -0.2) is 9.59 Å². The van der Waals surface area contributed by atoms with Crippen LogP contribution in [-0.2, 0) is 23.7 Å². The summed E-state index contributed by atoms with van der Waals surface area (Å²) in [5, 5.41) is 12.3. The van der Waals surface area contributed by atoms with Crippen LogP contribution in [0, 0.1) is 5.92 Å². The van der Waals surface area contributed by atoms with Crippen LogP contribution in [0.1, 0.15) is 40.7 Å². The number of nitrogens with zero attached hydrogens (tertiary/aromatic N) is 2. The number of halogens is 1. The lowest BCUT2D eigenvalue weighted by Gasteiger charge is -2.42. The molecule has 15 heteroatoms. The number of carbonyl (C=O) groups is 3. The van der Waals surface area contributed by atoms with Gasteiger partial charge in [-0.15, -0.1) is 0 Å².